The quantitative estimate of drug-likeness (QED) is 0.277. The first kappa shape index (κ1) is 21.5. The molecule has 25 heavy (non-hydrogen) atoms. The van der Waals surface area contributed by atoms with Gasteiger partial charge >= 0.3 is 0 Å². The highest BCUT2D eigenvalue weighted by molar-refractivity contribution is 14.0. The Morgan fingerprint density at radius 3 is 2.52 bits per heavy atom. The summed E-state index contributed by atoms with van der Waals surface area (Å²) in [5, 5.41) is 11.0. The normalized spacial score (nSPS) is 12.6. The lowest BCUT2D eigenvalue weighted by atomic mass is 9.88. The molecule has 1 heterocycles. The lowest BCUT2D eigenvalue weighted by Crippen LogP contribution is -2.40. The van der Waals surface area contributed by atoms with E-state index in [0.29, 0.717) is 11.8 Å². The smallest absolute Gasteiger partial charge is 0.190 e. The summed E-state index contributed by atoms with van der Waals surface area (Å²) < 4.78 is 1.95. The van der Waals surface area contributed by atoms with Crippen LogP contribution >= 0.6 is 24.0 Å². The molecule has 6 heteroatoms. The number of hydrogen-bond acceptors (Lipinski definition) is 2. The molecule has 1 aromatic heterocycles. The zero-order chi connectivity index (χ0) is 17.2. The summed E-state index contributed by atoms with van der Waals surface area (Å²) >= 11 is 0. The molecule has 2 N–H and O–H groups in total. The van der Waals surface area contributed by atoms with Crippen molar-refractivity contribution in [3.8, 4) is 0 Å². The lowest BCUT2D eigenvalue weighted by Gasteiger charge is -2.23. The number of aromatic nitrogens is 2. The highest BCUT2D eigenvalue weighted by atomic mass is 127. The average molecular weight is 455 g/mol. The van der Waals surface area contributed by atoms with E-state index in [-0.39, 0.29) is 24.0 Å². The van der Waals surface area contributed by atoms with Gasteiger partial charge in [0.1, 0.15) is 0 Å². The lowest BCUT2D eigenvalue weighted by molar-refractivity contribution is 0.487. The van der Waals surface area contributed by atoms with Gasteiger partial charge < -0.3 is 10.6 Å². The van der Waals surface area contributed by atoms with Crippen molar-refractivity contribution in [3.63, 3.8) is 0 Å². The largest absolute Gasteiger partial charge is 0.356 e. The maximum Gasteiger partial charge on any atom is 0.190 e. The van der Waals surface area contributed by atoms with E-state index in [1.807, 2.05) is 30.2 Å². The van der Waals surface area contributed by atoms with E-state index in [2.05, 4.69) is 64.9 Å². The molecule has 5 nitrogen and oxygen atoms in total. The minimum atomic E-state index is 0. The second kappa shape index (κ2) is 11.9. The standard InChI is InChI=1S/C19H29N5.HI/c1-16(2)18(17-9-5-4-6-10-17)15-22-19(20-3)21-11-7-13-24-14-8-12-23-24;/h4-6,8-10,12,14,16,18H,7,11,13,15H2,1-3H3,(H2,20,21,22);1H. The first-order valence-corrected chi connectivity index (χ1v) is 8.67. The van der Waals surface area contributed by atoms with E-state index in [1.165, 1.54) is 5.56 Å². The number of hydrogen-bond donors (Lipinski definition) is 2. The molecule has 0 fully saturated rings. The molecule has 0 aliphatic heterocycles. The van der Waals surface area contributed by atoms with Crippen molar-refractivity contribution in [1.29, 1.82) is 0 Å². The van der Waals surface area contributed by atoms with Crippen molar-refractivity contribution in [2.24, 2.45) is 10.9 Å². The van der Waals surface area contributed by atoms with E-state index in [9.17, 15) is 0 Å². The van der Waals surface area contributed by atoms with Crippen LogP contribution in [0, 0.1) is 5.92 Å². The fraction of sp³-hybridized carbons (Fsp3) is 0.474. The zero-order valence-electron chi connectivity index (χ0n) is 15.4. The topological polar surface area (TPSA) is 54.2 Å². The Morgan fingerprint density at radius 2 is 1.92 bits per heavy atom. The van der Waals surface area contributed by atoms with Crippen LogP contribution in [0.4, 0.5) is 0 Å². The predicted molar refractivity (Wildman–Crippen MR) is 116 cm³/mol. The zero-order valence-corrected chi connectivity index (χ0v) is 17.7. The second-order valence-electron chi connectivity index (χ2n) is 6.26. The van der Waals surface area contributed by atoms with Gasteiger partial charge in [-0.3, -0.25) is 9.67 Å². The molecular formula is C19H30IN5. The highest BCUT2D eigenvalue weighted by Crippen LogP contribution is 2.23. The van der Waals surface area contributed by atoms with Crippen molar-refractivity contribution in [2.45, 2.75) is 32.7 Å². The number of nitrogens with one attached hydrogen (secondary N) is 2. The molecule has 1 aromatic carbocycles. The monoisotopic (exact) mass is 455 g/mol. The summed E-state index contributed by atoms with van der Waals surface area (Å²) in [5.41, 5.74) is 1.37. The van der Waals surface area contributed by atoms with E-state index >= 15 is 0 Å². The fourth-order valence-corrected chi connectivity index (χ4v) is 2.75. The first-order valence-electron chi connectivity index (χ1n) is 8.67. The van der Waals surface area contributed by atoms with Crippen molar-refractivity contribution in [1.82, 2.24) is 20.4 Å². The molecule has 0 aliphatic rings. The van der Waals surface area contributed by atoms with Crippen LogP contribution in [0.1, 0.15) is 31.7 Å². The average Bonchev–Trinajstić information content (AvgIpc) is 3.11. The SMILES string of the molecule is CN=C(NCCCn1cccn1)NCC(c1ccccc1)C(C)C.I. The fourth-order valence-electron chi connectivity index (χ4n) is 2.75. The summed E-state index contributed by atoms with van der Waals surface area (Å²) in [6, 6.07) is 12.6. The van der Waals surface area contributed by atoms with Crippen LogP contribution in [0.3, 0.4) is 0 Å². The van der Waals surface area contributed by atoms with Crippen LogP contribution < -0.4 is 10.6 Å². The number of benzene rings is 1. The minimum Gasteiger partial charge on any atom is -0.356 e. The van der Waals surface area contributed by atoms with Gasteiger partial charge in [-0.25, -0.2) is 0 Å². The van der Waals surface area contributed by atoms with Crippen molar-refractivity contribution in [3.05, 3.63) is 54.4 Å². The van der Waals surface area contributed by atoms with Crippen LogP contribution in [0.5, 0.6) is 0 Å². The molecule has 138 valence electrons. The Balaban J connectivity index is 0.00000312. The van der Waals surface area contributed by atoms with E-state index in [4.69, 9.17) is 0 Å². The van der Waals surface area contributed by atoms with Crippen molar-refractivity contribution in [2.75, 3.05) is 20.1 Å². The Hall–Kier alpha value is -1.57. The number of halogens is 1. The molecule has 0 radical (unpaired) electrons. The number of aliphatic imine (C=N–C) groups is 1. The van der Waals surface area contributed by atoms with Crippen LogP contribution in [-0.4, -0.2) is 35.9 Å². The van der Waals surface area contributed by atoms with Gasteiger partial charge in [-0.1, -0.05) is 44.2 Å². The molecule has 1 atom stereocenters. The maximum absolute atomic E-state index is 4.32. The summed E-state index contributed by atoms with van der Waals surface area (Å²) in [5.74, 6) is 1.89. The van der Waals surface area contributed by atoms with Crippen molar-refractivity contribution >= 4 is 29.9 Å². The summed E-state index contributed by atoms with van der Waals surface area (Å²) in [7, 11) is 1.82. The molecule has 2 rings (SSSR count). The van der Waals surface area contributed by atoms with Gasteiger partial charge in [0.05, 0.1) is 0 Å². The van der Waals surface area contributed by atoms with Crippen molar-refractivity contribution < 1.29 is 0 Å². The predicted octanol–water partition coefficient (Wildman–Crippen LogP) is 3.50. The molecule has 2 aromatic rings. The number of rotatable bonds is 8. The second-order valence-corrected chi connectivity index (χ2v) is 6.26. The van der Waals surface area contributed by atoms with Crippen LogP contribution in [0.2, 0.25) is 0 Å². The number of guanidine groups is 1. The highest BCUT2D eigenvalue weighted by Gasteiger charge is 2.15. The Kier molecular flexibility index (Phi) is 10.2. The first-order chi connectivity index (χ1) is 11.7. The molecule has 0 amide bonds. The third kappa shape index (κ3) is 7.46. The maximum atomic E-state index is 4.32. The molecule has 0 bridgehead atoms. The van der Waals surface area contributed by atoms with Gasteiger partial charge in [-0.15, -0.1) is 24.0 Å². The molecule has 0 saturated carbocycles. The number of nitrogens with zero attached hydrogens (tertiary/aromatic N) is 3. The Morgan fingerprint density at radius 1 is 1.16 bits per heavy atom. The summed E-state index contributed by atoms with van der Waals surface area (Å²) in [6.45, 7) is 7.19. The summed E-state index contributed by atoms with van der Waals surface area (Å²) in [6.07, 6.45) is 4.80. The Labute approximate surface area is 168 Å². The van der Waals surface area contributed by atoms with Crippen LogP contribution in [-0.2, 0) is 6.54 Å². The summed E-state index contributed by atoms with van der Waals surface area (Å²) in [4.78, 5) is 4.32. The molecular weight excluding hydrogens is 425 g/mol. The third-order valence-corrected chi connectivity index (χ3v) is 4.16. The molecule has 0 saturated heterocycles. The van der Waals surface area contributed by atoms with Gasteiger partial charge in [0.25, 0.3) is 0 Å². The van der Waals surface area contributed by atoms with Gasteiger partial charge in [0, 0.05) is 45.0 Å². The third-order valence-electron chi connectivity index (χ3n) is 4.16. The van der Waals surface area contributed by atoms with Gasteiger partial charge in [0.2, 0.25) is 0 Å². The van der Waals surface area contributed by atoms with Gasteiger partial charge in [-0.05, 0) is 24.0 Å². The van der Waals surface area contributed by atoms with Crippen LogP contribution in [0.15, 0.2) is 53.8 Å². The van der Waals surface area contributed by atoms with E-state index in [0.717, 1.165) is 32.0 Å². The Bertz CT molecular complexity index is 596. The van der Waals surface area contributed by atoms with Gasteiger partial charge in [0.15, 0.2) is 5.96 Å². The molecule has 0 spiro atoms. The minimum absolute atomic E-state index is 0. The van der Waals surface area contributed by atoms with Gasteiger partial charge in [-0.2, -0.15) is 5.10 Å². The van der Waals surface area contributed by atoms with E-state index in [1.54, 1.807) is 0 Å². The number of aryl methyl sites for hydroxylation is 1. The molecule has 1 unspecified atom stereocenters. The van der Waals surface area contributed by atoms with E-state index < -0.39 is 0 Å². The molecule has 0 aliphatic carbocycles. The van der Waals surface area contributed by atoms with Crippen LogP contribution in [0.25, 0.3) is 0 Å².